The molecule has 0 N–H and O–H groups in total. The van der Waals surface area contributed by atoms with Crippen LogP contribution in [0.15, 0.2) is 0 Å². The maximum absolute atomic E-state index is 4.06. The summed E-state index contributed by atoms with van der Waals surface area (Å²) in [7, 11) is 0. The van der Waals surface area contributed by atoms with Crippen LogP contribution in [0.3, 0.4) is 0 Å². The van der Waals surface area contributed by atoms with Gasteiger partial charge in [-0.2, -0.15) is 8.75 Å². The number of aryl methyl sites for hydroxylation is 2. The molecule has 0 unspecified atom stereocenters. The molecule has 0 radical (unpaired) electrons. The zero-order chi connectivity index (χ0) is 7.98. The van der Waals surface area contributed by atoms with E-state index in [9.17, 15) is 0 Å². The number of hydrogen-bond acceptors (Lipinski definition) is 3. The molecule has 0 spiro atoms. The lowest BCUT2D eigenvalue weighted by molar-refractivity contribution is 1.05. The van der Waals surface area contributed by atoms with Crippen LogP contribution in [0.1, 0.15) is 32.2 Å². The Hall–Kier alpha value is -0.440. The zero-order valence-electron chi connectivity index (χ0n) is 7.01. The van der Waals surface area contributed by atoms with Gasteiger partial charge in [0.1, 0.15) is 0 Å². The van der Waals surface area contributed by atoms with Crippen LogP contribution in [0, 0.1) is 6.92 Å². The first-order valence-corrected chi connectivity index (χ1v) is 4.35. The van der Waals surface area contributed by atoms with Crippen LogP contribution in [0.5, 0.6) is 0 Å². The van der Waals surface area contributed by atoms with Crippen molar-refractivity contribution < 1.29 is 0 Å². The molecule has 0 fully saturated rings. The molecule has 0 amide bonds. The summed E-state index contributed by atoms with van der Waals surface area (Å²) in [4.78, 5) is 0. The monoisotopic (exact) mass is 158 g/mol. The molecule has 0 aliphatic carbocycles. The van der Waals surface area contributed by atoms with E-state index in [1.165, 1.54) is 11.7 Å². The molecule has 0 saturated heterocycles. The van der Waals surface area contributed by atoms with Gasteiger partial charge >= 0.3 is 0 Å². The van der Waals surface area contributed by atoms with E-state index in [0.717, 1.165) is 17.8 Å². The second kappa shape index (κ2) is 5.35. The highest BCUT2D eigenvalue weighted by Crippen LogP contribution is 2.02. The fourth-order valence-corrected chi connectivity index (χ4v) is 1.20. The van der Waals surface area contributed by atoms with Crippen molar-refractivity contribution in [2.24, 2.45) is 0 Å². The number of nitrogens with zero attached hydrogens (tertiary/aromatic N) is 2. The van der Waals surface area contributed by atoms with Crippen LogP contribution < -0.4 is 0 Å². The summed E-state index contributed by atoms with van der Waals surface area (Å²) >= 11 is 1.29. The molecule has 1 aromatic rings. The largest absolute Gasteiger partial charge is 0.178 e. The first-order chi connectivity index (χ1) is 4.84. The van der Waals surface area contributed by atoms with Crippen molar-refractivity contribution in [1.82, 2.24) is 8.75 Å². The summed E-state index contributed by atoms with van der Waals surface area (Å²) in [5, 5.41) is 0. The fourth-order valence-electron chi connectivity index (χ4n) is 0.570. The predicted octanol–water partition coefficient (Wildman–Crippen LogP) is 2.44. The Morgan fingerprint density at radius 2 is 1.90 bits per heavy atom. The first kappa shape index (κ1) is 9.56. The minimum Gasteiger partial charge on any atom is -0.178 e. The Bertz CT molecular complexity index is 172. The van der Waals surface area contributed by atoms with E-state index >= 15 is 0 Å². The molecule has 1 heterocycles. The summed E-state index contributed by atoms with van der Waals surface area (Å²) in [6, 6.07) is 0. The van der Waals surface area contributed by atoms with Gasteiger partial charge in [0.25, 0.3) is 0 Å². The van der Waals surface area contributed by atoms with Crippen molar-refractivity contribution in [3.63, 3.8) is 0 Å². The van der Waals surface area contributed by atoms with Crippen molar-refractivity contribution in [2.45, 2.75) is 34.1 Å². The van der Waals surface area contributed by atoms with E-state index in [0.29, 0.717) is 0 Å². The molecule has 0 aliphatic heterocycles. The summed E-state index contributed by atoms with van der Waals surface area (Å²) in [5.41, 5.74) is 2.22. The number of hydrogen-bond donors (Lipinski definition) is 0. The van der Waals surface area contributed by atoms with E-state index < -0.39 is 0 Å². The van der Waals surface area contributed by atoms with E-state index in [1.54, 1.807) is 0 Å². The van der Waals surface area contributed by atoms with Crippen LogP contribution in [0.4, 0.5) is 0 Å². The standard InChI is InChI=1S/C5H8N2S.C2H6/c1-3-5-4(2)6-8-7-5;1-2/h3H2,1-2H3;1-2H3. The SMILES string of the molecule is CC.CCc1nsnc1C. The van der Waals surface area contributed by atoms with Crippen molar-refractivity contribution in [2.75, 3.05) is 0 Å². The Morgan fingerprint density at radius 3 is 2.10 bits per heavy atom. The topological polar surface area (TPSA) is 25.8 Å². The Kier molecular flexibility index (Phi) is 5.12. The van der Waals surface area contributed by atoms with E-state index in [-0.39, 0.29) is 0 Å². The minimum absolute atomic E-state index is 1.00. The van der Waals surface area contributed by atoms with Crippen molar-refractivity contribution in [3.05, 3.63) is 11.4 Å². The lowest BCUT2D eigenvalue weighted by atomic mass is 10.3. The van der Waals surface area contributed by atoms with E-state index in [2.05, 4.69) is 15.7 Å². The number of aromatic nitrogens is 2. The molecule has 3 heteroatoms. The molecule has 58 valence electrons. The van der Waals surface area contributed by atoms with Gasteiger partial charge in [0, 0.05) is 0 Å². The summed E-state index contributed by atoms with van der Waals surface area (Å²) in [6.45, 7) is 8.08. The summed E-state index contributed by atoms with van der Waals surface area (Å²) in [5.74, 6) is 0. The molecule has 0 bridgehead atoms. The van der Waals surface area contributed by atoms with E-state index in [4.69, 9.17) is 0 Å². The lowest BCUT2D eigenvalue weighted by Crippen LogP contribution is -1.81. The summed E-state index contributed by atoms with van der Waals surface area (Å²) < 4.78 is 8.08. The maximum atomic E-state index is 4.06. The maximum Gasteiger partial charge on any atom is 0.0769 e. The predicted molar refractivity (Wildman–Crippen MR) is 45.4 cm³/mol. The third-order valence-electron chi connectivity index (χ3n) is 1.08. The van der Waals surface area contributed by atoms with Crippen molar-refractivity contribution in [1.29, 1.82) is 0 Å². The third-order valence-corrected chi connectivity index (χ3v) is 1.74. The average molecular weight is 158 g/mol. The van der Waals surface area contributed by atoms with Crippen LogP contribution >= 0.6 is 11.7 Å². The summed E-state index contributed by atoms with van der Waals surface area (Å²) in [6.07, 6.45) is 1.00. The average Bonchev–Trinajstić information content (AvgIpc) is 2.39. The molecule has 0 saturated carbocycles. The molecule has 0 aromatic carbocycles. The van der Waals surface area contributed by atoms with Gasteiger partial charge < -0.3 is 0 Å². The highest BCUT2D eigenvalue weighted by molar-refractivity contribution is 6.99. The molecule has 0 aliphatic rings. The second-order valence-corrected chi connectivity index (χ2v) is 2.18. The molecule has 1 aromatic heterocycles. The van der Waals surface area contributed by atoms with Gasteiger partial charge in [-0.1, -0.05) is 20.8 Å². The van der Waals surface area contributed by atoms with Crippen molar-refractivity contribution in [3.8, 4) is 0 Å². The third kappa shape index (κ3) is 2.43. The smallest absolute Gasteiger partial charge is 0.0769 e. The fraction of sp³-hybridized carbons (Fsp3) is 0.714. The molecule has 2 nitrogen and oxygen atoms in total. The lowest BCUT2D eigenvalue weighted by Gasteiger charge is -1.83. The number of rotatable bonds is 1. The Balaban J connectivity index is 0.000000371. The van der Waals surface area contributed by atoms with E-state index in [1.807, 2.05) is 20.8 Å². The highest BCUT2D eigenvalue weighted by Gasteiger charge is 1.96. The quantitative estimate of drug-likeness (QED) is 0.627. The van der Waals surface area contributed by atoms with Crippen LogP contribution in [0.25, 0.3) is 0 Å². The molecular formula is C7H14N2S. The normalized spacial score (nSPS) is 8.40. The molecule has 10 heavy (non-hydrogen) atoms. The molecule has 0 atom stereocenters. The Morgan fingerprint density at radius 1 is 1.30 bits per heavy atom. The molecule has 1 rings (SSSR count). The van der Waals surface area contributed by atoms with Crippen LogP contribution in [-0.4, -0.2) is 8.75 Å². The minimum atomic E-state index is 1.00. The zero-order valence-corrected chi connectivity index (χ0v) is 7.83. The first-order valence-electron chi connectivity index (χ1n) is 3.62. The van der Waals surface area contributed by atoms with Gasteiger partial charge in [0.05, 0.1) is 23.1 Å². The van der Waals surface area contributed by atoms with Crippen LogP contribution in [-0.2, 0) is 6.42 Å². The highest BCUT2D eigenvalue weighted by atomic mass is 32.1. The second-order valence-electron chi connectivity index (χ2n) is 1.65. The van der Waals surface area contributed by atoms with Gasteiger partial charge in [0.2, 0.25) is 0 Å². The van der Waals surface area contributed by atoms with Gasteiger partial charge in [-0.25, -0.2) is 0 Å². The molecular weight excluding hydrogens is 144 g/mol. The van der Waals surface area contributed by atoms with Crippen LogP contribution in [0.2, 0.25) is 0 Å². The van der Waals surface area contributed by atoms with Gasteiger partial charge in [-0.3, -0.25) is 0 Å². The van der Waals surface area contributed by atoms with Gasteiger partial charge in [0.15, 0.2) is 0 Å². The van der Waals surface area contributed by atoms with Crippen molar-refractivity contribution >= 4 is 11.7 Å². The van der Waals surface area contributed by atoms with Gasteiger partial charge in [-0.05, 0) is 13.3 Å². The van der Waals surface area contributed by atoms with Gasteiger partial charge in [-0.15, -0.1) is 0 Å². The Labute approximate surface area is 66.6 Å².